The summed E-state index contributed by atoms with van der Waals surface area (Å²) in [5.74, 6) is 0.699. The van der Waals surface area contributed by atoms with E-state index in [-0.39, 0.29) is 0 Å². The lowest BCUT2D eigenvalue weighted by Gasteiger charge is -1.96. The quantitative estimate of drug-likeness (QED) is 0.705. The number of hydrogen-bond acceptors (Lipinski definition) is 3. The van der Waals surface area contributed by atoms with Gasteiger partial charge in [0.2, 0.25) is 0 Å². The minimum Gasteiger partial charge on any atom is -0.441 e. The van der Waals surface area contributed by atoms with Crippen molar-refractivity contribution in [2.45, 2.75) is 13.5 Å². The van der Waals surface area contributed by atoms with E-state index in [1.54, 1.807) is 7.11 Å². The van der Waals surface area contributed by atoms with Crippen molar-refractivity contribution in [2.75, 3.05) is 7.11 Å². The molecule has 0 spiro atoms. The Kier molecular flexibility index (Phi) is 2.02. The first-order chi connectivity index (χ1) is 6.29. The smallest absolute Gasteiger partial charge is 0.192 e. The van der Waals surface area contributed by atoms with Gasteiger partial charge in [0, 0.05) is 14.0 Å². The second-order valence-corrected chi connectivity index (χ2v) is 2.97. The van der Waals surface area contributed by atoms with Gasteiger partial charge in [-0.1, -0.05) is 6.07 Å². The molecule has 3 heteroatoms. The van der Waals surface area contributed by atoms with Crippen molar-refractivity contribution in [3.63, 3.8) is 0 Å². The molecule has 0 unspecified atom stereocenters. The number of methoxy groups -OCH3 is 1. The third-order valence-electron chi connectivity index (χ3n) is 1.87. The minimum absolute atomic E-state index is 0.613. The van der Waals surface area contributed by atoms with Gasteiger partial charge in [-0.2, -0.15) is 0 Å². The molecule has 2 rings (SSSR count). The Morgan fingerprint density at radius 2 is 2.31 bits per heavy atom. The van der Waals surface area contributed by atoms with Gasteiger partial charge in [0.25, 0.3) is 0 Å². The fourth-order valence-electron chi connectivity index (χ4n) is 1.34. The first-order valence-electron chi connectivity index (χ1n) is 4.14. The van der Waals surface area contributed by atoms with Gasteiger partial charge < -0.3 is 9.15 Å². The highest BCUT2D eigenvalue weighted by atomic mass is 16.5. The molecule has 0 saturated carbocycles. The summed E-state index contributed by atoms with van der Waals surface area (Å²) in [5.41, 5.74) is 2.84. The van der Waals surface area contributed by atoms with Crippen LogP contribution in [0.5, 0.6) is 0 Å². The second kappa shape index (κ2) is 3.18. The molecular weight excluding hydrogens is 166 g/mol. The van der Waals surface area contributed by atoms with Crippen LogP contribution >= 0.6 is 0 Å². The lowest BCUT2D eigenvalue weighted by molar-refractivity contribution is 0.185. The van der Waals surface area contributed by atoms with Crippen molar-refractivity contribution in [1.82, 2.24) is 4.98 Å². The van der Waals surface area contributed by atoms with E-state index >= 15 is 0 Å². The largest absolute Gasteiger partial charge is 0.441 e. The third kappa shape index (κ3) is 1.55. The number of hydrogen-bond donors (Lipinski definition) is 0. The Bertz CT molecular complexity index is 420. The third-order valence-corrected chi connectivity index (χ3v) is 1.87. The maximum atomic E-state index is 5.35. The fraction of sp³-hybridized carbons (Fsp3) is 0.300. The summed E-state index contributed by atoms with van der Waals surface area (Å²) < 4.78 is 10.4. The van der Waals surface area contributed by atoms with Crippen LogP contribution in [-0.4, -0.2) is 12.1 Å². The number of oxazole rings is 1. The van der Waals surface area contributed by atoms with Gasteiger partial charge in [0.05, 0.1) is 6.61 Å². The zero-order chi connectivity index (χ0) is 9.26. The number of nitrogens with zero attached hydrogens (tertiary/aromatic N) is 1. The highest BCUT2D eigenvalue weighted by Crippen LogP contribution is 2.16. The number of benzene rings is 1. The molecule has 0 bridgehead atoms. The molecule has 0 radical (unpaired) electrons. The number of ether oxygens (including phenoxy) is 1. The summed E-state index contributed by atoms with van der Waals surface area (Å²) in [4.78, 5) is 4.23. The molecule has 1 aromatic carbocycles. The predicted octanol–water partition coefficient (Wildman–Crippen LogP) is 2.28. The van der Waals surface area contributed by atoms with Crippen LogP contribution in [0.15, 0.2) is 22.6 Å². The van der Waals surface area contributed by atoms with Crippen LogP contribution in [0.3, 0.4) is 0 Å². The standard InChI is InChI=1S/C10H11NO2/c1-7-11-9-5-8(6-12-2)3-4-10(9)13-7/h3-5H,6H2,1-2H3. The molecule has 0 saturated heterocycles. The number of fused-ring (bicyclic) bond motifs is 1. The van der Waals surface area contributed by atoms with E-state index in [0.29, 0.717) is 12.5 Å². The zero-order valence-electron chi connectivity index (χ0n) is 7.70. The molecule has 0 atom stereocenters. The lowest BCUT2D eigenvalue weighted by Crippen LogP contribution is -1.86. The second-order valence-electron chi connectivity index (χ2n) is 2.97. The predicted molar refractivity (Wildman–Crippen MR) is 49.5 cm³/mol. The molecule has 0 aliphatic heterocycles. The summed E-state index contributed by atoms with van der Waals surface area (Å²) in [6, 6.07) is 5.88. The molecule has 2 aromatic rings. The first kappa shape index (κ1) is 8.26. The monoisotopic (exact) mass is 177 g/mol. The molecule has 68 valence electrons. The molecular formula is C10H11NO2. The van der Waals surface area contributed by atoms with E-state index in [2.05, 4.69) is 4.98 Å². The Hall–Kier alpha value is -1.35. The van der Waals surface area contributed by atoms with Crippen molar-refractivity contribution < 1.29 is 9.15 Å². The van der Waals surface area contributed by atoms with E-state index in [1.165, 1.54) is 0 Å². The molecule has 3 nitrogen and oxygen atoms in total. The Morgan fingerprint density at radius 1 is 1.46 bits per heavy atom. The topological polar surface area (TPSA) is 35.3 Å². The van der Waals surface area contributed by atoms with Crippen molar-refractivity contribution in [3.8, 4) is 0 Å². The molecule has 13 heavy (non-hydrogen) atoms. The van der Waals surface area contributed by atoms with Gasteiger partial charge in [0.1, 0.15) is 5.52 Å². The van der Waals surface area contributed by atoms with Crippen molar-refractivity contribution in [1.29, 1.82) is 0 Å². The van der Waals surface area contributed by atoms with Gasteiger partial charge in [-0.3, -0.25) is 0 Å². The maximum Gasteiger partial charge on any atom is 0.192 e. The normalized spacial score (nSPS) is 10.9. The SMILES string of the molecule is COCc1ccc2oc(C)nc2c1. The van der Waals surface area contributed by atoms with E-state index < -0.39 is 0 Å². The van der Waals surface area contributed by atoms with Crippen LogP contribution in [0, 0.1) is 6.92 Å². The van der Waals surface area contributed by atoms with E-state index in [9.17, 15) is 0 Å². The number of rotatable bonds is 2. The molecule has 1 heterocycles. The first-order valence-corrected chi connectivity index (χ1v) is 4.14. The van der Waals surface area contributed by atoms with Crippen LogP contribution in [0.4, 0.5) is 0 Å². The summed E-state index contributed by atoms with van der Waals surface area (Å²) in [7, 11) is 1.68. The summed E-state index contributed by atoms with van der Waals surface area (Å²) >= 11 is 0. The van der Waals surface area contributed by atoms with E-state index in [1.807, 2.05) is 25.1 Å². The van der Waals surface area contributed by atoms with Crippen LogP contribution in [-0.2, 0) is 11.3 Å². The van der Waals surface area contributed by atoms with Crippen molar-refractivity contribution in [2.24, 2.45) is 0 Å². The maximum absolute atomic E-state index is 5.35. The molecule has 0 N–H and O–H groups in total. The average molecular weight is 177 g/mol. The Morgan fingerprint density at radius 3 is 3.08 bits per heavy atom. The van der Waals surface area contributed by atoms with Gasteiger partial charge >= 0.3 is 0 Å². The number of aryl methyl sites for hydroxylation is 1. The van der Waals surface area contributed by atoms with Crippen LogP contribution in [0.1, 0.15) is 11.5 Å². The number of aromatic nitrogens is 1. The van der Waals surface area contributed by atoms with E-state index in [0.717, 1.165) is 16.7 Å². The van der Waals surface area contributed by atoms with Crippen LogP contribution < -0.4 is 0 Å². The molecule has 0 aliphatic carbocycles. The van der Waals surface area contributed by atoms with Crippen LogP contribution in [0.2, 0.25) is 0 Å². The highest BCUT2D eigenvalue weighted by Gasteiger charge is 2.02. The molecule has 1 aromatic heterocycles. The Balaban J connectivity index is 2.48. The zero-order valence-corrected chi connectivity index (χ0v) is 7.70. The van der Waals surface area contributed by atoms with Crippen LogP contribution in [0.25, 0.3) is 11.1 Å². The minimum atomic E-state index is 0.613. The summed E-state index contributed by atoms with van der Waals surface area (Å²) in [5, 5.41) is 0. The van der Waals surface area contributed by atoms with Gasteiger partial charge in [0.15, 0.2) is 11.5 Å². The van der Waals surface area contributed by atoms with E-state index in [4.69, 9.17) is 9.15 Å². The van der Waals surface area contributed by atoms with Crippen molar-refractivity contribution >= 4 is 11.1 Å². The molecule has 0 aliphatic rings. The molecule has 0 fully saturated rings. The van der Waals surface area contributed by atoms with Gasteiger partial charge in [-0.15, -0.1) is 0 Å². The fourth-order valence-corrected chi connectivity index (χ4v) is 1.34. The summed E-state index contributed by atoms with van der Waals surface area (Å²) in [6.45, 7) is 2.46. The molecule has 0 amide bonds. The summed E-state index contributed by atoms with van der Waals surface area (Å²) in [6.07, 6.45) is 0. The highest BCUT2D eigenvalue weighted by molar-refractivity contribution is 5.73. The Labute approximate surface area is 76.3 Å². The lowest BCUT2D eigenvalue weighted by atomic mass is 10.2. The average Bonchev–Trinajstić information content (AvgIpc) is 2.44. The van der Waals surface area contributed by atoms with Gasteiger partial charge in [-0.05, 0) is 17.7 Å². The van der Waals surface area contributed by atoms with Crippen molar-refractivity contribution in [3.05, 3.63) is 29.7 Å². The van der Waals surface area contributed by atoms with Gasteiger partial charge in [-0.25, -0.2) is 4.98 Å².